The largest absolute Gasteiger partial charge is 0.464 e. The molecule has 0 spiro atoms. The molecule has 1 amide bonds. The maximum Gasteiger partial charge on any atom is 0.407 e. The van der Waals surface area contributed by atoms with Gasteiger partial charge in [-0.2, -0.15) is 0 Å². The Balaban J connectivity index is 3.95. The van der Waals surface area contributed by atoms with E-state index in [1.807, 2.05) is 0 Å². The Morgan fingerprint density at radius 3 is 2.32 bits per heavy atom. The second kappa shape index (κ2) is 7.99. The van der Waals surface area contributed by atoms with E-state index in [0.29, 0.717) is 6.42 Å². The highest BCUT2D eigenvalue weighted by molar-refractivity contribution is 5.74. The lowest BCUT2D eigenvalue weighted by molar-refractivity contribution is -0.153. The third kappa shape index (κ3) is 9.30. The summed E-state index contributed by atoms with van der Waals surface area (Å²) in [7, 11) is 0. The van der Waals surface area contributed by atoms with Crippen LogP contribution in [0.1, 0.15) is 47.5 Å². The van der Waals surface area contributed by atoms with Gasteiger partial charge in [0, 0.05) is 6.04 Å². The molecule has 0 aliphatic carbocycles. The van der Waals surface area contributed by atoms with Crippen LogP contribution < -0.4 is 5.32 Å². The number of hydrogen-bond donors (Lipinski definition) is 2. The molecule has 112 valence electrons. The van der Waals surface area contributed by atoms with Gasteiger partial charge in [0.15, 0.2) is 6.10 Å². The number of alkyl carbamates (subject to hydrolysis) is 1. The fraction of sp³-hybridized carbons (Fsp3) is 0.846. The van der Waals surface area contributed by atoms with Gasteiger partial charge in [-0.15, -0.1) is 0 Å². The predicted molar refractivity (Wildman–Crippen MR) is 70.7 cm³/mol. The minimum absolute atomic E-state index is 0.195. The Morgan fingerprint density at radius 1 is 1.26 bits per heavy atom. The lowest BCUT2D eigenvalue weighted by atomic mass is 10.1. The number of aliphatic hydroxyl groups excluding tert-OH is 1. The van der Waals surface area contributed by atoms with Crippen molar-refractivity contribution in [2.45, 2.75) is 65.2 Å². The van der Waals surface area contributed by atoms with Gasteiger partial charge in [0.1, 0.15) is 5.60 Å². The topological polar surface area (TPSA) is 84.9 Å². The van der Waals surface area contributed by atoms with Gasteiger partial charge in [-0.1, -0.05) is 0 Å². The minimum atomic E-state index is -1.15. The van der Waals surface area contributed by atoms with Crippen LogP contribution in [0.4, 0.5) is 4.79 Å². The number of nitrogens with one attached hydrogen (secondary N) is 1. The van der Waals surface area contributed by atoms with E-state index in [-0.39, 0.29) is 19.1 Å². The maximum absolute atomic E-state index is 11.5. The van der Waals surface area contributed by atoms with E-state index >= 15 is 0 Å². The van der Waals surface area contributed by atoms with Crippen molar-refractivity contribution >= 4 is 12.1 Å². The van der Waals surface area contributed by atoms with Crippen molar-refractivity contribution in [3.8, 4) is 0 Å². The van der Waals surface area contributed by atoms with E-state index in [0.717, 1.165) is 0 Å². The molecular weight excluding hydrogens is 250 g/mol. The van der Waals surface area contributed by atoms with E-state index < -0.39 is 23.8 Å². The van der Waals surface area contributed by atoms with Crippen molar-refractivity contribution in [1.29, 1.82) is 0 Å². The minimum Gasteiger partial charge on any atom is -0.464 e. The molecular formula is C13H25NO5. The van der Waals surface area contributed by atoms with Crippen LogP contribution in [0.2, 0.25) is 0 Å². The fourth-order valence-corrected chi connectivity index (χ4v) is 1.35. The number of amides is 1. The van der Waals surface area contributed by atoms with Gasteiger partial charge in [-0.05, 0) is 47.5 Å². The molecule has 0 saturated carbocycles. The molecule has 0 aromatic rings. The third-order valence-corrected chi connectivity index (χ3v) is 2.19. The Bertz CT molecular complexity index is 298. The van der Waals surface area contributed by atoms with Crippen molar-refractivity contribution in [1.82, 2.24) is 5.32 Å². The monoisotopic (exact) mass is 275 g/mol. The molecule has 0 saturated heterocycles. The molecule has 6 heteroatoms. The standard InChI is InChI=1S/C13H25NO5/c1-6-18-11(16)10(15)8-7-9(2)14-12(17)19-13(3,4)5/h9-10,15H,6-8H2,1-5H3,(H,14,17)/t9-,10-/m0/s1. The second-order valence-corrected chi connectivity index (χ2v) is 5.39. The molecule has 0 radical (unpaired) electrons. The van der Waals surface area contributed by atoms with Gasteiger partial charge in [-0.25, -0.2) is 9.59 Å². The number of carbonyl (C=O) groups excluding carboxylic acids is 2. The molecule has 0 aromatic heterocycles. The zero-order chi connectivity index (χ0) is 15.1. The SMILES string of the molecule is CCOC(=O)[C@@H](O)CC[C@H](C)NC(=O)OC(C)(C)C. The first-order valence-corrected chi connectivity index (χ1v) is 6.50. The number of carbonyl (C=O) groups is 2. The number of ether oxygens (including phenoxy) is 2. The van der Waals surface area contributed by atoms with E-state index in [1.54, 1.807) is 34.6 Å². The van der Waals surface area contributed by atoms with E-state index in [4.69, 9.17) is 4.74 Å². The zero-order valence-electron chi connectivity index (χ0n) is 12.4. The summed E-state index contributed by atoms with van der Waals surface area (Å²) in [6.45, 7) is 9.03. The number of aliphatic hydroxyl groups is 1. The van der Waals surface area contributed by atoms with E-state index in [1.165, 1.54) is 0 Å². The molecule has 0 aliphatic heterocycles. The average Bonchev–Trinajstić information content (AvgIpc) is 2.23. The van der Waals surface area contributed by atoms with Crippen LogP contribution in [0.15, 0.2) is 0 Å². The van der Waals surface area contributed by atoms with Crippen LogP contribution in [0, 0.1) is 0 Å². The maximum atomic E-state index is 11.5. The van der Waals surface area contributed by atoms with Crippen molar-refractivity contribution < 1.29 is 24.2 Å². The van der Waals surface area contributed by atoms with E-state index in [9.17, 15) is 14.7 Å². The first-order valence-electron chi connectivity index (χ1n) is 6.50. The average molecular weight is 275 g/mol. The molecule has 0 bridgehead atoms. The van der Waals surface area contributed by atoms with Gasteiger partial charge in [0.2, 0.25) is 0 Å². The summed E-state index contributed by atoms with van der Waals surface area (Å²) >= 11 is 0. The summed E-state index contributed by atoms with van der Waals surface area (Å²) in [6.07, 6.45) is -0.969. The molecule has 0 aromatic carbocycles. The highest BCUT2D eigenvalue weighted by atomic mass is 16.6. The van der Waals surface area contributed by atoms with Crippen molar-refractivity contribution in [3.05, 3.63) is 0 Å². The first kappa shape index (κ1) is 17.7. The van der Waals surface area contributed by atoms with Gasteiger partial charge < -0.3 is 19.9 Å². The fourth-order valence-electron chi connectivity index (χ4n) is 1.35. The van der Waals surface area contributed by atoms with Crippen molar-refractivity contribution in [2.75, 3.05) is 6.61 Å². The Labute approximate surface area is 114 Å². The summed E-state index contributed by atoms with van der Waals surface area (Å²) in [4.78, 5) is 22.6. The van der Waals surface area contributed by atoms with Crippen LogP contribution >= 0.6 is 0 Å². The highest BCUT2D eigenvalue weighted by Crippen LogP contribution is 2.08. The molecule has 0 unspecified atom stereocenters. The van der Waals surface area contributed by atoms with Crippen LogP contribution in [0.5, 0.6) is 0 Å². The molecule has 0 aliphatic rings. The molecule has 0 heterocycles. The van der Waals surface area contributed by atoms with Gasteiger partial charge in [-0.3, -0.25) is 0 Å². The Hall–Kier alpha value is -1.30. The third-order valence-electron chi connectivity index (χ3n) is 2.19. The lowest BCUT2D eigenvalue weighted by Gasteiger charge is -2.22. The van der Waals surface area contributed by atoms with Crippen LogP contribution in [0.25, 0.3) is 0 Å². The quantitative estimate of drug-likeness (QED) is 0.719. The molecule has 0 rings (SSSR count). The molecule has 2 N–H and O–H groups in total. The summed E-state index contributed by atoms with van der Waals surface area (Å²) < 4.78 is 9.78. The van der Waals surface area contributed by atoms with Crippen LogP contribution in [-0.2, 0) is 14.3 Å². The predicted octanol–water partition coefficient (Wildman–Crippen LogP) is 1.60. The smallest absolute Gasteiger partial charge is 0.407 e. The molecule has 19 heavy (non-hydrogen) atoms. The molecule has 6 nitrogen and oxygen atoms in total. The van der Waals surface area contributed by atoms with Gasteiger partial charge in [0.05, 0.1) is 6.61 Å². The molecule has 0 fully saturated rings. The summed E-state index contributed by atoms with van der Waals surface area (Å²) in [6, 6.07) is -0.195. The van der Waals surface area contributed by atoms with Gasteiger partial charge >= 0.3 is 12.1 Å². The van der Waals surface area contributed by atoms with Crippen molar-refractivity contribution in [2.24, 2.45) is 0 Å². The van der Waals surface area contributed by atoms with Crippen LogP contribution in [0.3, 0.4) is 0 Å². The second-order valence-electron chi connectivity index (χ2n) is 5.39. The van der Waals surface area contributed by atoms with Crippen LogP contribution in [-0.4, -0.2) is 41.5 Å². The van der Waals surface area contributed by atoms with Crippen molar-refractivity contribution in [3.63, 3.8) is 0 Å². The zero-order valence-corrected chi connectivity index (χ0v) is 12.4. The number of esters is 1. The molecule has 2 atom stereocenters. The normalized spacial score (nSPS) is 14.4. The Kier molecular flexibility index (Phi) is 7.44. The highest BCUT2D eigenvalue weighted by Gasteiger charge is 2.20. The summed E-state index contributed by atoms with van der Waals surface area (Å²) in [5.41, 5.74) is -0.547. The number of hydrogen-bond acceptors (Lipinski definition) is 5. The van der Waals surface area contributed by atoms with E-state index in [2.05, 4.69) is 10.1 Å². The summed E-state index contributed by atoms with van der Waals surface area (Å²) in [5, 5.41) is 12.1. The Morgan fingerprint density at radius 2 is 1.84 bits per heavy atom. The number of rotatable bonds is 6. The summed E-state index contributed by atoms with van der Waals surface area (Å²) in [5.74, 6) is -0.632. The van der Waals surface area contributed by atoms with Gasteiger partial charge in [0.25, 0.3) is 0 Å². The lowest BCUT2D eigenvalue weighted by Crippen LogP contribution is -2.38. The first-order chi connectivity index (χ1) is 8.65.